The molecule has 7 atom stereocenters. The normalized spacial score (nSPS) is 29.6. The lowest BCUT2D eigenvalue weighted by molar-refractivity contribution is -0.152. The van der Waals surface area contributed by atoms with E-state index in [0.717, 1.165) is 31.2 Å². The number of rotatable bonds is 9. The van der Waals surface area contributed by atoms with Gasteiger partial charge in [0.25, 0.3) is 11.8 Å². The molecule has 2 saturated carbocycles. The molecule has 0 bridgehead atoms. The zero-order valence-corrected chi connectivity index (χ0v) is 36.6. The first-order chi connectivity index (χ1) is 28.6. The van der Waals surface area contributed by atoms with Gasteiger partial charge in [-0.15, -0.1) is 0 Å². The van der Waals surface area contributed by atoms with Crippen LogP contribution < -0.4 is 29.6 Å². The smallest absolute Gasteiger partial charge is 0.408 e. The van der Waals surface area contributed by atoms with Crippen molar-refractivity contribution in [3.8, 4) is 17.5 Å². The molecule has 0 radical (unpaired) electrons. The number of methoxy groups -OCH3 is 1. The van der Waals surface area contributed by atoms with Crippen LogP contribution in [0.2, 0.25) is 0 Å². The van der Waals surface area contributed by atoms with Gasteiger partial charge in [-0.2, -0.15) is 4.98 Å². The molecule has 7 rings (SSSR count). The van der Waals surface area contributed by atoms with E-state index in [1.54, 1.807) is 27.0 Å². The molecule has 1 aromatic heterocycles. The van der Waals surface area contributed by atoms with Crippen molar-refractivity contribution in [1.82, 2.24) is 25.2 Å². The summed E-state index contributed by atoms with van der Waals surface area (Å²) in [5, 5.41) is 6.88. The second-order valence-electron chi connectivity index (χ2n) is 18.4. The number of alkyl halides is 2. The quantitative estimate of drug-likeness (QED) is 0.276. The Balaban J connectivity index is 1.25. The molecule has 0 spiro atoms. The first-order valence-corrected chi connectivity index (χ1v) is 22.6. The summed E-state index contributed by atoms with van der Waals surface area (Å²) in [6.45, 7) is 8.36. The van der Waals surface area contributed by atoms with Crippen LogP contribution in [0.1, 0.15) is 98.5 Å². The third-order valence-corrected chi connectivity index (χ3v) is 15.4. The number of allylic oxidation sites excluding steroid dienone is 1. The first-order valence-electron chi connectivity index (χ1n) is 21.1. The van der Waals surface area contributed by atoms with Crippen LogP contribution in [-0.4, -0.2) is 102 Å². The van der Waals surface area contributed by atoms with Crippen molar-refractivity contribution < 1.29 is 55.3 Å². The zero-order chi connectivity index (χ0) is 44.3. The predicted molar refractivity (Wildman–Crippen MR) is 220 cm³/mol. The molecule has 0 unspecified atom stereocenters. The number of sulfonamides is 1. The van der Waals surface area contributed by atoms with Gasteiger partial charge in [-0.25, -0.2) is 22.0 Å². The second-order valence-corrected chi connectivity index (χ2v) is 20.6. The predicted octanol–water partition coefficient (Wildman–Crippen LogP) is 5.33. The van der Waals surface area contributed by atoms with E-state index >= 15 is 0 Å². The Morgan fingerprint density at radius 2 is 1.84 bits per heavy atom. The number of carbonyl (C=O) groups is 4. The number of ether oxygens (including phenoxy) is 4. The van der Waals surface area contributed by atoms with E-state index in [4.69, 9.17) is 23.9 Å². The van der Waals surface area contributed by atoms with E-state index < -0.39 is 85.7 Å². The number of pyridine rings is 1. The maximum Gasteiger partial charge on any atom is 0.408 e. The van der Waals surface area contributed by atoms with Gasteiger partial charge in [0.05, 0.1) is 25.0 Å². The van der Waals surface area contributed by atoms with Gasteiger partial charge in [0, 0.05) is 30.2 Å². The molecule has 4 heterocycles. The first kappa shape index (κ1) is 44.3. The second kappa shape index (κ2) is 16.2. The molecule has 5 aliphatic rings. The Morgan fingerprint density at radius 1 is 1.10 bits per heavy atom. The number of aromatic nitrogens is 1. The van der Waals surface area contributed by atoms with Crippen LogP contribution in [0.5, 0.6) is 17.5 Å². The number of amides is 4. The fourth-order valence-corrected chi connectivity index (χ4v) is 9.83. The lowest BCUT2D eigenvalue weighted by Gasteiger charge is -2.35. The lowest BCUT2D eigenvalue weighted by Crippen LogP contribution is -2.59. The molecule has 15 nitrogen and oxygen atoms in total. The fraction of sp³-hybridized carbons (Fsp3) is 0.651. The van der Waals surface area contributed by atoms with Gasteiger partial charge in [-0.3, -0.25) is 19.1 Å². The van der Waals surface area contributed by atoms with Crippen molar-refractivity contribution in [2.24, 2.45) is 17.8 Å². The van der Waals surface area contributed by atoms with Crippen molar-refractivity contribution in [2.45, 2.75) is 139 Å². The average Bonchev–Trinajstić information content (AvgIpc) is 4.07. The van der Waals surface area contributed by atoms with E-state index in [-0.39, 0.29) is 31.2 Å². The summed E-state index contributed by atoms with van der Waals surface area (Å²) in [4.78, 5) is 63.0. The Hall–Kier alpha value is -4.74. The number of benzene rings is 1. The average molecular weight is 874 g/mol. The molecule has 3 aliphatic heterocycles. The summed E-state index contributed by atoms with van der Waals surface area (Å²) in [6.07, 6.45) is 5.64. The van der Waals surface area contributed by atoms with Crippen molar-refractivity contribution in [2.75, 3.05) is 20.3 Å². The Bertz CT molecular complexity index is 2230. The third-order valence-electron chi connectivity index (χ3n) is 13.3. The van der Waals surface area contributed by atoms with Crippen molar-refractivity contribution in [3.05, 3.63) is 35.9 Å². The zero-order valence-electron chi connectivity index (χ0n) is 35.8. The number of aryl methyl sites for hydroxylation is 1. The summed E-state index contributed by atoms with van der Waals surface area (Å²) in [7, 11) is -2.50. The SMILES string of the molecule is COc1ccc2c(O[C@@H]3C[C@H]4C(=O)N[C@]5(C(=O)NS(=O)(=O)C6(C)CC6)C[C@H]5/C=C\CC[C@H](C)C[C@@H](C)[C@H](NC(=O)OC(C)(C)C(C)(F)F)C(=O)N4C3)nc3c(c2c1)CCCO3. The van der Waals surface area contributed by atoms with E-state index in [1.807, 2.05) is 31.2 Å². The Labute approximate surface area is 355 Å². The maximum absolute atomic E-state index is 15.0. The third kappa shape index (κ3) is 8.83. The molecule has 61 heavy (non-hydrogen) atoms. The lowest BCUT2D eigenvalue weighted by atomic mass is 9.88. The molecule has 18 heteroatoms. The van der Waals surface area contributed by atoms with Gasteiger partial charge >= 0.3 is 6.09 Å². The molecule has 2 aliphatic carbocycles. The molecule has 1 aromatic carbocycles. The van der Waals surface area contributed by atoms with Crippen LogP contribution in [0.4, 0.5) is 13.6 Å². The highest BCUT2D eigenvalue weighted by Gasteiger charge is 2.63. The van der Waals surface area contributed by atoms with Gasteiger partial charge in [-0.1, -0.05) is 26.0 Å². The molecular formula is C43H57F2N5O10S. The molecule has 3 fully saturated rings. The number of carbonyl (C=O) groups excluding carboxylic acids is 4. The van der Waals surface area contributed by atoms with E-state index in [2.05, 4.69) is 15.4 Å². The summed E-state index contributed by atoms with van der Waals surface area (Å²) >= 11 is 0. The van der Waals surface area contributed by atoms with Crippen LogP contribution >= 0.6 is 0 Å². The minimum Gasteiger partial charge on any atom is -0.497 e. The van der Waals surface area contributed by atoms with Crippen molar-refractivity contribution in [1.29, 1.82) is 0 Å². The van der Waals surface area contributed by atoms with Crippen LogP contribution in [-0.2, 0) is 35.6 Å². The summed E-state index contributed by atoms with van der Waals surface area (Å²) in [5.74, 6) is -5.58. The minimum atomic E-state index is -4.07. The highest BCUT2D eigenvalue weighted by atomic mass is 32.2. The minimum absolute atomic E-state index is 0.0143. The van der Waals surface area contributed by atoms with Crippen molar-refractivity contribution >= 4 is 44.6 Å². The number of fused-ring (bicyclic) bond motifs is 5. The van der Waals surface area contributed by atoms with Gasteiger partial charge in [0.1, 0.15) is 29.5 Å². The molecular weight excluding hydrogens is 817 g/mol. The van der Waals surface area contributed by atoms with Crippen LogP contribution in [0.25, 0.3) is 10.8 Å². The van der Waals surface area contributed by atoms with Gasteiger partial charge in [0.2, 0.25) is 33.6 Å². The molecule has 3 N–H and O–H groups in total. The van der Waals surface area contributed by atoms with Gasteiger partial charge in [-0.05, 0) is 108 Å². The number of nitrogens with zero attached hydrogens (tertiary/aromatic N) is 2. The van der Waals surface area contributed by atoms with Crippen LogP contribution in [0.15, 0.2) is 30.4 Å². The number of alkyl carbamates (subject to hydrolysis) is 1. The molecule has 1 saturated heterocycles. The van der Waals surface area contributed by atoms with E-state index in [1.165, 1.54) is 4.90 Å². The van der Waals surface area contributed by atoms with Gasteiger partial charge in [0.15, 0.2) is 5.60 Å². The summed E-state index contributed by atoms with van der Waals surface area (Å²) in [5.41, 5.74) is -2.96. The van der Waals surface area contributed by atoms with Crippen molar-refractivity contribution in [3.63, 3.8) is 0 Å². The van der Waals surface area contributed by atoms with Gasteiger partial charge < -0.3 is 34.5 Å². The van der Waals surface area contributed by atoms with Crippen LogP contribution in [0.3, 0.4) is 0 Å². The summed E-state index contributed by atoms with van der Waals surface area (Å²) in [6, 6.07) is 2.84. The standard InChI is InChI=1S/C43H57F2N5O10S/c1-24-11-8-9-12-26-22-43(26,38(53)49-61(55,56)41(5)16-17-41)48-34(51)32-21-28(59-36-30-15-14-27(57-7)20-31(30)29-13-10-18-58-35(29)47-36)23-50(32)37(52)33(25(2)19-24)46-39(54)60-40(3,4)42(6,44)45/h9,12,14-15,20,24-26,28,32-33H,8,10-11,13,16-19,21-23H2,1-7H3,(H,46,54)(H,48,51)(H,49,53)/b12-9-/t24-,25+,26+,28+,32-,33-,43+/m0/s1. The van der Waals surface area contributed by atoms with Crippen LogP contribution in [0, 0.1) is 17.8 Å². The van der Waals surface area contributed by atoms with E-state index in [0.29, 0.717) is 69.1 Å². The van der Waals surface area contributed by atoms with E-state index in [9.17, 15) is 36.4 Å². The Morgan fingerprint density at radius 3 is 2.52 bits per heavy atom. The highest BCUT2D eigenvalue weighted by Crippen LogP contribution is 2.48. The number of hydrogen-bond acceptors (Lipinski definition) is 11. The number of halogens is 2. The number of hydrogen-bond donors (Lipinski definition) is 3. The largest absolute Gasteiger partial charge is 0.497 e. The topological polar surface area (TPSA) is 192 Å². The maximum atomic E-state index is 15.0. The number of nitrogens with one attached hydrogen (secondary N) is 3. The summed E-state index contributed by atoms with van der Waals surface area (Å²) < 4.78 is 79.9. The molecule has 4 amide bonds. The molecule has 2 aromatic rings. The Kier molecular flexibility index (Phi) is 11.8. The fourth-order valence-electron chi connectivity index (χ4n) is 8.52. The highest BCUT2D eigenvalue weighted by molar-refractivity contribution is 7.91. The molecule has 334 valence electrons. The monoisotopic (exact) mass is 873 g/mol.